The van der Waals surface area contributed by atoms with E-state index in [1.807, 2.05) is 0 Å². The van der Waals surface area contributed by atoms with Gasteiger partial charge in [0.05, 0.1) is 0 Å². The monoisotopic (exact) mass is 236 g/mol. The van der Waals surface area contributed by atoms with E-state index >= 15 is 0 Å². The van der Waals surface area contributed by atoms with Crippen molar-refractivity contribution in [3.63, 3.8) is 0 Å². The molecular formula is C15H28N2. The highest BCUT2D eigenvalue weighted by molar-refractivity contribution is 5.00. The summed E-state index contributed by atoms with van der Waals surface area (Å²) in [5, 5.41) is 3.78. The van der Waals surface area contributed by atoms with Crippen molar-refractivity contribution in [2.75, 3.05) is 19.6 Å². The van der Waals surface area contributed by atoms with Gasteiger partial charge in [-0.1, -0.05) is 20.8 Å². The number of rotatable bonds is 4. The van der Waals surface area contributed by atoms with Gasteiger partial charge in [0.1, 0.15) is 0 Å². The number of nitrogens with one attached hydrogen (secondary N) is 1. The summed E-state index contributed by atoms with van der Waals surface area (Å²) in [5.41, 5.74) is 0.637. The van der Waals surface area contributed by atoms with Gasteiger partial charge in [0.15, 0.2) is 0 Å². The molecule has 0 radical (unpaired) electrons. The van der Waals surface area contributed by atoms with Crippen LogP contribution in [0.15, 0.2) is 0 Å². The van der Waals surface area contributed by atoms with Crippen LogP contribution in [0.4, 0.5) is 0 Å². The number of nitrogens with zero attached hydrogens (tertiary/aromatic N) is 1. The number of hydrogen-bond donors (Lipinski definition) is 1. The Morgan fingerprint density at radius 2 is 2.00 bits per heavy atom. The van der Waals surface area contributed by atoms with Gasteiger partial charge in [-0.15, -0.1) is 0 Å². The van der Waals surface area contributed by atoms with E-state index in [0.717, 1.165) is 23.9 Å². The van der Waals surface area contributed by atoms with Crippen LogP contribution in [0.1, 0.15) is 46.5 Å². The molecule has 0 amide bonds. The first-order valence-corrected chi connectivity index (χ1v) is 7.57. The summed E-state index contributed by atoms with van der Waals surface area (Å²) in [5.74, 6) is 1.97. The summed E-state index contributed by atoms with van der Waals surface area (Å²) in [4.78, 5) is 2.80. The lowest BCUT2D eigenvalue weighted by Gasteiger charge is -2.40. The predicted octanol–water partition coefficient (Wildman–Crippen LogP) is 2.49. The first kappa shape index (κ1) is 12.0. The zero-order chi connectivity index (χ0) is 12.0. The first-order chi connectivity index (χ1) is 8.10. The lowest BCUT2D eigenvalue weighted by molar-refractivity contribution is 0.109. The summed E-state index contributed by atoms with van der Waals surface area (Å²) >= 11 is 0. The van der Waals surface area contributed by atoms with Crippen LogP contribution >= 0.6 is 0 Å². The Balaban J connectivity index is 1.57. The molecule has 0 spiro atoms. The van der Waals surface area contributed by atoms with Crippen molar-refractivity contribution in [2.24, 2.45) is 17.3 Å². The zero-order valence-electron chi connectivity index (χ0n) is 11.7. The normalized spacial score (nSPS) is 41.5. The van der Waals surface area contributed by atoms with E-state index in [2.05, 4.69) is 31.0 Å². The molecular weight excluding hydrogens is 208 g/mol. The maximum Gasteiger partial charge on any atom is 0.0224 e. The molecule has 0 aromatic rings. The number of piperazine rings is 1. The second-order valence-electron chi connectivity index (χ2n) is 7.26. The Morgan fingerprint density at radius 3 is 2.53 bits per heavy atom. The van der Waals surface area contributed by atoms with Gasteiger partial charge >= 0.3 is 0 Å². The van der Waals surface area contributed by atoms with Crippen LogP contribution < -0.4 is 5.32 Å². The fraction of sp³-hybridized carbons (Fsp3) is 1.00. The number of hydrogen-bond acceptors (Lipinski definition) is 2. The fourth-order valence-corrected chi connectivity index (χ4v) is 3.49. The zero-order valence-corrected chi connectivity index (χ0v) is 11.7. The Morgan fingerprint density at radius 1 is 1.29 bits per heavy atom. The maximum absolute atomic E-state index is 3.78. The smallest absolute Gasteiger partial charge is 0.0224 e. The van der Waals surface area contributed by atoms with Crippen molar-refractivity contribution in [3.8, 4) is 0 Å². The molecule has 2 heteroatoms. The molecule has 0 aromatic carbocycles. The van der Waals surface area contributed by atoms with E-state index in [0.29, 0.717) is 5.41 Å². The summed E-state index contributed by atoms with van der Waals surface area (Å²) in [6.07, 6.45) is 5.69. The summed E-state index contributed by atoms with van der Waals surface area (Å²) in [7, 11) is 0. The molecule has 3 rings (SSSR count). The molecule has 98 valence electrons. The van der Waals surface area contributed by atoms with Crippen LogP contribution in [-0.4, -0.2) is 36.6 Å². The van der Waals surface area contributed by atoms with Crippen molar-refractivity contribution in [2.45, 2.75) is 58.5 Å². The van der Waals surface area contributed by atoms with E-state index in [1.54, 1.807) is 0 Å². The summed E-state index contributed by atoms with van der Waals surface area (Å²) in [6, 6.07) is 1.60. The molecule has 0 aromatic heterocycles. The van der Waals surface area contributed by atoms with Gasteiger partial charge in [-0.2, -0.15) is 0 Å². The summed E-state index contributed by atoms with van der Waals surface area (Å²) < 4.78 is 0. The standard InChI is InChI=1S/C15H28N2/c1-4-13-8-16-14(11-5-6-11)10-17(13)9-12-7-15(12,2)3/h11-14,16H,4-10H2,1-3H3. The average Bonchev–Trinajstić information content (AvgIpc) is 3.18. The molecule has 1 N–H and O–H groups in total. The summed E-state index contributed by atoms with van der Waals surface area (Å²) in [6.45, 7) is 11.1. The first-order valence-electron chi connectivity index (χ1n) is 7.57. The van der Waals surface area contributed by atoms with Crippen LogP contribution in [0, 0.1) is 17.3 Å². The van der Waals surface area contributed by atoms with Gasteiger partial charge in [0, 0.05) is 31.7 Å². The average molecular weight is 236 g/mol. The maximum atomic E-state index is 3.78. The second kappa shape index (κ2) is 4.24. The highest BCUT2D eigenvalue weighted by Gasteiger charge is 2.47. The third kappa shape index (κ3) is 2.53. The van der Waals surface area contributed by atoms with E-state index in [4.69, 9.17) is 0 Å². The van der Waals surface area contributed by atoms with Crippen molar-refractivity contribution in [1.29, 1.82) is 0 Å². The molecule has 1 saturated heterocycles. The quantitative estimate of drug-likeness (QED) is 0.807. The third-order valence-electron chi connectivity index (χ3n) is 5.40. The van der Waals surface area contributed by atoms with Crippen LogP contribution in [-0.2, 0) is 0 Å². The minimum atomic E-state index is 0.637. The molecule has 2 aliphatic carbocycles. The van der Waals surface area contributed by atoms with E-state index < -0.39 is 0 Å². The largest absolute Gasteiger partial charge is 0.311 e. The lowest BCUT2D eigenvalue weighted by atomic mass is 10.0. The van der Waals surface area contributed by atoms with Crippen LogP contribution in [0.3, 0.4) is 0 Å². The van der Waals surface area contributed by atoms with E-state index in [1.165, 1.54) is 45.3 Å². The molecule has 17 heavy (non-hydrogen) atoms. The van der Waals surface area contributed by atoms with Gasteiger partial charge < -0.3 is 5.32 Å². The Hall–Kier alpha value is -0.0800. The molecule has 3 aliphatic rings. The van der Waals surface area contributed by atoms with E-state index in [9.17, 15) is 0 Å². The van der Waals surface area contributed by atoms with Gasteiger partial charge in [-0.05, 0) is 42.9 Å². The molecule has 3 unspecified atom stereocenters. The fourth-order valence-electron chi connectivity index (χ4n) is 3.49. The van der Waals surface area contributed by atoms with Gasteiger partial charge in [-0.25, -0.2) is 0 Å². The molecule has 3 fully saturated rings. The Bertz CT molecular complexity index is 281. The van der Waals surface area contributed by atoms with Gasteiger partial charge in [0.25, 0.3) is 0 Å². The van der Waals surface area contributed by atoms with Crippen LogP contribution in [0.2, 0.25) is 0 Å². The molecule has 1 heterocycles. The van der Waals surface area contributed by atoms with E-state index in [-0.39, 0.29) is 0 Å². The minimum Gasteiger partial charge on any atom is -0.311 e. The molecule has 0 bridgehead atoms. The molecule has 2 nitrogen and oxygen atoms in total. The SMILES string of the molecule is CCC1CNC(C2CC2)CN1CC1CC1(C)C. The molecule has 3 atom stereocenters. The third-order valence-corrected chi connectivity index (χ3v) is 5.40. The highest BCUT2D eigenvalue weighted by Crippen LogP contribution is 2.52. The molecule has 1 aliphatic heterocycles. The van der Waals surface area contributed by atoms with Gasteiger partial charge in [0.2, 0.25) is 0 Å². The lowest BCUT2D eigenvalue weighted by Crippen LogP contribution is -2.57. The Labute approximate surface area is 106 Å². The van der Waals surface area contributed by atoms with Crippen molar-refractivity contribution >= 4 is 0 Å². The van der Waals surface area contributed by atoms with Gasteiger partial charge in [-0.3, -0.25) is 4.90 Å². The highest BCUT2D eigenvalue weighted by atomic mass is 15.2. The topological polar surface area (TPSA) is 15.3 Å². The predicted molar refractivity (Wildman–Crippen MR) is 72.1 cm³/mol. The van der Waals surface area contributed by atoms with Crippen LogP contribution in [0.25, 0.3) is 0 Å². The van der Waals surface area contributed by atoms with Crippen molar-refractivity contribution in [3.05, 3.63) is 0 Å². The van der Waals surface area contributed by atoms with Crippen molar-refractivity contribution in [1.82, 2.24) is 10.2 Å². The minimum absolute atomic E-state index is 0.637. The Kier molecular flexibility index (Phi) is 2.99. The van der Waals surface area contributed by atoms with Crippen LogP contribution in [0.5, 0.6) is 0 Å². The molecule has 2 saturated carbocycles. The second-order valence-corrected chi connectivity index (χ2v) is 7.26. The van der Waals surface area contributed by atoms with Crippen molar-refractivity contribution < 1.29 is 0 Å².